The van der Waals surface area contributed by atoms with E-state index in [1.54, 1.807) is 0 Å². The Bertz CT molecular complexity index is 531. The summed E-state index contributed by atoms with van der Waals surface area (Å²) >= 11 is 1.52. The molecular weight excluding hydrogens is 261 g/mol. The lowest BCUT2D eigenvalue weighted by Crippen LogP contribution is -2.19. The molecule has 94 valence electrons. The van der Waals surface area contributed by atoms with Crippen LogP contribution in [0.5, 0.6) is 0 Å². The van der Waals surface area contributed by atoms with Gasteiger partial charge in [0, 0.05) is 12.0 Å². The van der Waals surface area contributed by atoms with Gasteiger partial charge in [-0.15, -0.1) is 0 Å². The topological polar surface area (TPSA) is 15.6 Å². The second kappa shape index (κ2) is 4.05. The number of thioether (sulfide) groups is 1. The molecule has 0 amide bonds. The van der Waals surface area contributed by atoms with Crippen LogP contribution in [0.3, 0.4) is 0 Å². The predicted molar refractivity (Wildman–Crippen MR) is 66.0 cm³/mol. The maximum absolute atomic E-state index is 12.5. The molecule has 1 aromatic carbocycles. The molecule has 0 saturated carbocycles. The Morgan fingerprint density at radius 3 is 2.56 bits per heavy atom. The molecule has 3 rings (SSSR count). The summed E-state index contributed by atoms with van der Waals surface area (Å²) in [5.41, 5.74) is 1.11. The average molecular weight is 270 g/mol. The standard InChI is InChI=1S/C12H9F3N2S/c13-12(14,15)9-3-1-8(2-4-9)10-7-18-11-16-5-6-17(10)11/h1-4,7H,5-6H2. The number of hydrogen-bond donors (Lipinski definition) is 0. The van der Waals surface area contributed by atoms with Crippen LogP contribution in [-0.4, -0.2) is 23.2 Å². The average Bonchev–Trinajstić information content (AvgIpc) is 2.89. The highest BCUT2D eigenvalue weighted by Crippen LogP contribution is 2.36. The van der Waals surface area contributed by atoms with Gasteiger partial charge in [-0.3, -0.25) is 4.99 Å². The summed E-state index contributed by atoms with van der Waals surface area (Å²) in [7, 11) is 0. The lowest BCUT2D eigenvalue weighted by Gasteiger charge is -2.17. The van der Waals surface area contributed by atoms with Crippen LogP contribution in [0.15, 0.2) is 34.7 Å². The summed E-state index contributed by atoms with van der Waals surface area (Å²) in [6.45, 7) is 1.55. The molecule has 0 bridgehead atoms. The van der Waals surface area contributed by atoms with Crippen molar-refractivity contribution in [2.24, 2.45) is 4.99 Å². The lowest BCUT2D eigenvalue weighted by atomic mass is 10.1. The summed E-state index contributed by atoms with van der Waals surface area (Å²) < 4.78 is 37.4. The molecule has 2 nitrogen and oxygen atoms in total. The first-order valence-electron chi connectivity index (χ1n) is 5.42. The molecule has 6 heteroatoms. The molecule has 0 saturated heterocycles. The quantitative estimate of drug-likeness (QED) is 0.777. The van der Waals surface area contributed by atoms with Crippen molar-refractivity contribution in [1.82, 2.24) is 4.90 Å². The molecule has 0 aliphatic carbocycles. The third-order valence-corrected chi connectivity index (χ3v) is 3.78. The van der Waals surface area contributed by atoms with E-state index in [1.807, 2.05) is 10.3 Å². The first-order valence-corrected chi connectivity index (χ1v) is 6.30. The molecule has 0 radical (unpaired) electrons. The van der Waals surface area contributed by atoms with Gasteiger partial charge in [0.25, 0.3) is 0 Å². The van der Waals surface area contributed by atoms with Gasteiger partial charge < -0.3 is 4.90 Å². The molecule has 0 atom stereocenters. The minimum absolute atomic E-state index is 0.618. The SMILES string of the molecule is FC(F)(F)c1ccc(C2=CSC3=NCCN23)cc1. The van der Waals surface area contributed by atoms with Gasteiger partial charge in [-0.25, -0.2) is 0 Å². The van der Waals surface area contributed by atoms with E-state index in [1.165, 1.54) is 23.9 Å². The van der Waals surface area contributed by atoms with Crippen LogP contribution in [0, 0.1) is 0 Å². The van der Waals surface area contributed by atoms with Crippen LogP contribution in [-0.2, 0) is 6.18 Å². The molecule has 2 heterocycles. The Balaban J connectivity index is 1.88. The molecule has 0 unspecified atom stereocenters. The number of aliphatic imine (C=N–C) groups is 1. The van der Waals surface area contributed by atoms with Crippen molar-refractivity contribution in [3.8, 4) is 0 Å². The Hall–Kier alpha value is -1.43. The highest BCUT2D eigenvalue weighted by atomic mass is 32.2. The van der Waals surface area contributed by atoms with Crippen LogP contribution in [0.2, 0.25) is 0 Å². The smallest absolute Gasteiger partial charge is 0.318 e. The zero-order chi connectivity index (χ0) is 12.8. The Kier molecular flexibility index (Phi) is 2.62. The van der Waals surface area contributed by atoms with E-state index in [0.29, 0.717) is 0 Å². The number of rotatable bonds is 1. The fourth-order valence-electron chi connectivity index (χ4n) is 1.98. The van der Waals surface area contributed by atoms with E-state index in [9.17, 15) is 13.2 Å². The van der Waals surface area contributed by atoms with Crippen LogP contribution in [0.1, 0.15) is 11.1 Å². The maximum Gasteiger partial charge on any atom is 0.416 e. The van der Waals surface area contributed by atoms with Crippen LogP contribution in [0.4, 0.5) is 13.2 Å². The van der Waals surface area contributed by atoms with E-state index in [2.05, 4.69) is 4.99 Å². The van der Waals surface area contributed by atoms with Gasteiger partial charge in [-0.2, -0.15) is 13.2 Å². The van der Waals surface area contributed by atoms with Crippen molar-refractivity contribution in [1.29, 1.82) is 0 Å². The van der Waals surface area contributed by atoms with Crippen LogP contribution >= 0.6 is 11.8 Å². The van der Waals surface area contributed by atoms with E-state index in [0.717, 1.165) is 41.7 Å². The normalized spacial score (nSPS) is 18.7. The molecule has 18 heavy (non-hydrogen) atoms. The minimum Gasteiger partial charge on any atom is -0.318 e. The van der Waals surface area contributed by atoms with Crippen molar-refractivity contribution >= 4 is 22.6 Å². The van der Waals surface area contributed by atoms with Gasteiger partial charge in [0.05, 0.1) is 17.8 Å². The van der Waals surface area contributed by atoms with Gasteiger partial charge >= 0.3 is 6.18 Å². The second-order valence-electron chi connectivity index (χ2n) is 4.01. The second-order valence-corrected chi connectivity index (χ2v) is 4.85. The van der Waals surface area contributed by atoms with Gasteiger partial charge in [-0.05, 0) is 17.7 Å². The number of hydrogen-bond acceptors (Lipinski definition) is 3. The Morgan fingerprint density at radius 1 is 1.17 bits per heavy atom. The summed E-state index contributed by atoms with van der Waals surface area (Å²) in [5.74, 6) is 0. The summed E-state index contributed by atoms with van der Waals surface area (Å²) in [5, 5.41) is 2.87. The van der Waals surface area contributed by atoms with E-state index in [4.69, 9.17) is 0 Å². The molecule has 0 spiro atoms. The highest BCUT2D eigenvalue weighted by Gasteiger charge is 2.31. The van der Waals surface area contributed by atoms with Gasteiger partial charge in [0.15, 0.2) is 5.17 Å². The zero-order valence-electron chi connectivity index (χ0n) is 9.24. The summed E-state index contributed by atoms with van der Waals surface area (Å²) in [6.07, 6.45) is -4.28. The first-order chi connectivity index (χ1) is 8.55. The number of fused-ring (bicyclic) bond motifs is 1. The fraction of sp³-hybridized carbons (Fsp3) is 0.250. The van der Waals surface area contributed by atoms with Gasteiger partial charge in [0.2, 0.25) is 0 Å². The largest absolute Gasteiger partial charge is 0.416 e. The third kappa shape index (κ3) is 1.90. The van der Waals surface area contributed by atoms with E-state index >= 15 is 0 Å². The van der Waals surface area contributed by atoms with Crippen molar-refractivity contribution in [2.75, 3.05) is 13.1 Å². The molecular formula is C12H9F3N2S. The monoisotopic (exact) mass is 270 g/mol. The predicted octanol–water partition coefficient (Wildman–Crippen LogP) is 3.42. The molecule has 2 aliphatic heterocycles. The van der Waals surface area contributed by atoms with Crippen molar-refractivity contribution < 1.29 is 13.2 Å². The van der Waals surface area contributed by atoms with Crippen molar-refractivity contribution in [2.45, 2.75) is 6.18 Å². The molecule has 0 fully saturated rings. The van der Waals surface area contributed by atoms with Crippen LogP contribution < -0.4 is 0 Å². The number of benzene rings is 1. The van der Waals surface area contributed by atoms with Crippen LogP contribution in [0.25, 0.3) is 5.70 Å². The van der Waals surface area contributed by atoms with E-state index in [-0.39, 0.29) is 0 Å². The lowest BCUT2D eigenvalue weighted by molar-refractivity contribution is -0.137. The third-order valence-electron chi connectivity index (χ3n) is 2.88. The first kappa shape index (κ1) is 11.6. The number of halogens is 3. The minimum atomic E-state index is -4.28. The summed E-state index contributed by atoms with van der Waals surface area (Å²) in [6, 6.07) is 5.26. The highest BCUT2D eigenvalue weighted by molar-refractivity contribution is 8.16. The molecule has 2 aliphatic rings. The molecule has 0 N–H and O–H groups in total. The van der Waals surface area contributed by atoms with Gasteiger partial charge in [-0.1, -0.05) is 23.9 Å². The van der Waals surface area contributed by atoms with Crippen molar-refractivity contribution in [3.05, 3.63) is 40.8 Å². The number of alkyl halides is 3. The number of nitrogens with zero attached hydrogens (tertiary/aromatic N) is 2. The number of amidine groups is 1. The maximum atomic E-state index is 12.5. The Labute approximate surface area is 106 Å². The zero-order valence-corrected chi connectivity index (χ0v) is 10.1. The molecule has 1 aromatic rings. The van der Waals surface area contributed by atoms with Crippen molar-refractivity contribution in [3.63, 3.8) is 0 Å². The fourth-order valence-corrected chi connectivity index (χ4v) is 2.94. The molecule has 0 aromatic heterocycles. The summed E-state index contributed by atoms with van der Waals surface area (Å²) in [4.78, 5) is 6.34. The van der Waals surface area contributed by atoms with E-state index < -0.39 is 11.7 Å². The Morgan fingerprint density at radius 2 is 1.89 bits per heavy atom. The van der Waals surface area contributed by atoms with Gasteiger partial charge in [0.1, 0.15) is 0 Å².